The van der Waals surface area contributed by atoms with Crippen molar-refractivity contribution in [1.29, 1.82) is 0 Å². The highest BCUT2D eigenvalue weighted by atomic mass is 32.2. The van der Waals surface area contributed by atoms with Gasteiger partial charge in [0, 0.05) is 31.9 Å². The summed E-state index contributed by atoms with van der Waals surface area (Å²) in [6.07, 6.45) is 11.7. The molecule has 1 heterocycles. The van der Waals surface area contributed by atoms with Gasteiger partial charge in [-0.3, -0.25) is 4.55 Å². The predicted molar refractivity (Wildman–Crippen MR) is 113 cm³/mol. The first-order valence-electron chi connectivity index (χ1n) is 9.52. The second-order valence-electron chi connectivity index (χ2n) is 6.61. The molecule has 0 unspecified atom stereocenters. The van der Waals surface area contributed by atoms with Gasteiger partial charge in [0.05, 0.1) is 5.75 Å². The van der Waals surface area contributed by atoms with Crippen molar-refractivity contribution < 1.29 is 13.0 Å². The standard InChI is InChI=1S/C21H30N2O3S/c1-3-23(4-2)21-11-9-19(10-12-21)7-8-20-13-16-22(17-14-20)15-5-6-18-27(24,25)26/h7-14,16H,3-6,15,17-18H2,1-2H3,(H,24,25,26). The molecule has 0 saturated carbocycles. The Labute approximate surface area is 163 Å². The molecule has 1 aliphatic heterocycles. The molecule has 1 aliphatic rings. The molecule has 1 aromatic rings. The summed E-state index contributed by atoms with van der Waals surface area (Å²) in [5.74, 6) is -0.165. The van der Waals surface area contributed by atoms with E-state index in [9.17, 15) is 8.42 Å². The number of benzene rings is 1. The Morgan fingerprint density at radius 2 is 1.81 bits per heavy atom. The first-order valence-corrected chi connectivity index (χ1v) is 11.1. The molecule has 1 N–H and O–H groups in total. The summed E-state index contributed by atoms with van der Waals surface area (Å²) < 4.78 is 30.1. The summed E-state index contributed by atoms with van der Waals surface area (Å²) in [4.78, 5) is 4.46. The van der Waals surface area contributed by atoms with Gasteiger partial charge in [0.1, 0.15) is 0 Å². The average Bonchev–Trinajstić information content (AvgIpc) is 2.66. The van der Waals surface area contributed by atoms with Crippen LogP contribution < -0.4 is 4.90 Å². The molecule has 148 valence electrons. The summed E-state index contributed by atoms with van der Waals surface area (Å²) in [5, 5.41) is 0. The van der Waals surface area contributed by atoms with E-state index in [2.05, 4.69) is 72.2 Å². The fourth-order valence-corrected chi connectivity index (χ4v) is 3.58. The van der Waals surface area contributed by atoms with Gasteiger partial charge in [-0.2, -0.15) is 8.42 Å². The van der Waals surface area contributed by atoms with E-state index in [-0.39, 0.29) is 5.75 Å². The number of unbranched alkanes of at least 4 members (excludes halogenated alkanes) is 1. The van der Waals surface area contributed by atoms with E-state index in [0.29, 0.717) is 6.42 Å². The van der Waals surface area contributed by atoms with Crippen LogP contribution in [0.5, 0.6) is 0 Å². The lowest BCUT2D eigenvalue weighted by molar-refractivity contribution is 0.398. The van der Waals surface area contributed by atoms with Gasteiger partial charge in [0.2, 0.25) is 0 Å². The highest BCUT2D eigenvalue weighted by Crippen LogP contribution is 2.17. The van der Waals surface area contributed by atoms with Gasteiger partial charge in [-0.15, -0.1) is 0 Å². The fourth-order valence-electron chi connectivity index (χ4n) is 3.01. The Kier molecular flexibility index (Phi) is 8.13. The summed E-state index contributed by atoms with van der Waals surface area (Å²) in [6, 6.07) is 8.59. The number of allylic oxidation sites excluding steroid dienone is 3. The Hall–Kier alpha value is -2.05. The zero-order valence-corrected chi connectivity index (χ0v) is 17.0. The lowest BCUT2D eigenvalue weighted by atomic mass is 10.1. The van der Waals surface area contributed by atoms with Crippen molar-refractivity contribution in [3.63, 3.8) is 0 Å². The summed E-state index contributed by atoms with van der Waals surface area (Å²) in [5.41, 5.74) is 3.59. The first kappa shape index (κ1) is 21.3. The Morgan fingerprint density at radius 1 is 1.11 bits per heavy atom. The molecule has 0 amide bonds. The maximum Gasteiger partial charge on any atom is 0.264 e. The van der Waals surface area contributed by atoms with Crippen LogP contribution in [-0.4, -0.2) is 49.8 Å². The highest BCUT2D eigenvalue weighted by Gasteiger charge is 2.06. The van der Waals surface area contributed by atoms with Crippen molar-refractivity contribution in [1.82, 2.24) is 4.90 Å². The molecule has 0 bridgehead atoms. The normalized spacial score (nSPS) is 14.6. The largest absolute Gasteiger partial charge is 0.374 e. The molecule has 6 heteroatoms. The van der Waals surface area contributed by atoms with Gasteiger partial charge in [-0.25, -0.2) is 0 Å². The van der Waals surface area contributed by atoms with E-state index in [1.54, 1.807) is 0 Å². The van der Waals surface area contributed by atoms with Crippen molar-refractivity contribution in [2.45, 2.75) is 26.7 Å². The molecule has 1 aromatic carbocycles. The minimum absolute atomic E-state index is 0.165. The molecule has 0 saturated heterocycles. The van der Waals surface area contributed by atoms with E-state index < -0.39 is 10.1 Å². The van der Waals surface area contributed by atoms with Crippen molar-refractivity contribution in [2.24, 2.45) is 0 Å². The molecule has 2 rings (SSSR count). The van der Waals surface area contributed by atoms with Gasteiger partial charge in [0.15, 0.2) is 0 Å². The average molecular weight is 391 g/mol. The number of anilines is 1. The number of rotatable bonds is 10. The van der Waals surface area contributed by atoms with Crippen LogP contribution in [0.25, 0.3) is 6.08 Å². The predicted octanol–water partition coefficient (Wildman–Crippen LogP) is 3.97. The second-order valence-corrected chi connectivity index (χ2v) is 8.18. The van der Waals surface area contributed by atoms with Gasteiger partial charge < -0.3 is 9.80 Å². The second kappa shape index (κ2) is 10.3. The molecule has 0 aliphatic carbocycles. The first-order chi connectivity index (χ1) is 12.9. The van der Waals surface area contributed by atoms with Gasteiger partial charge in [-0.05, 0) is 62.2 Å². The van der Waals surface area contributed by atoms with E-state index >= 15 is 0 Å². The van der Waals surface area contributed by atoms with Crippen LogP contribution in [0.4, 0.5) is 5.69 Å². The van der Waals surface area contributed by atoms with Crippen LogP contribution in [0.15, 0.2) is 54.3 Å². The van der Waals surface area contributed by atoms with Gasteiger partial charge in [-0.1, -0.05) is 30.4 Å². The maximum absolute atomic E-state index is 10.7. The fraction of sp³-hybridized carbons (Fsp3) is 0.429. The number of hydrogen-bond donors (Lipinski definition) is 1. The lowest BCUT2D eigenvalue weighted by Crippen LogP contribution is -2.21. The van der Waals surface area contributed by atoms with E-state index in [0.717, 1.165) is 38.2 Å². The topological polar surface area (TPSA) is 60.9 Å². The summed E-state index contributed by atoms with van der Waals surface area (Å²) in [6.45, 7) is 7.94. The maximum atomic E-state index is 10.7. The van der Waals surface area contributed by atoms with Gasteiger partial charge >= 0.3 is 0 Å². The molecule has 0 aromatic heterocycles. The Morgan fingerprint density at radius 3 is 2.37 bits per heavy atom. The van der Waals surface area contributed by atoms with Crippen molar-refractivity contribution in [3.05, 3.63) is 59.8 Å². The third-order valence-electron chi connectivity index (χ3n) is 4.63. The third-order valence-corrected chi connectivity index (χ3v) is 5.43. The molecule has 0 radical (unpaired) electrons. The smallest absolute Gasteiger partial charge is 0.264 e. The van der Waals surface area contributed by atoms with Crippen LogP contribution in [0.1, 0.15) is 32.3 Å². The van der Waals surface area contributed by atoms with Crippen molar-refractivity contribution in [2.75, 3.05) is 36.8 Å². The van der Waals surface area contributed by atoms with E-state index in [1.165, 1.54) is 11.3 Å². The molecule has 27 heavy (non-hydrogen) atoms. The Balaban J connectivity index is 1.80. The van der Waals surface area contributed by atoms with Crippen LogP contribution >= 0.6 is 0 Å². The van der Waals surface area contributed by atoms with Gasteiger partial charge in [0.25, 0.3) is 10.1 Å². The van der Waals surface area contributed by atoms with Crippen LogP contribution in [0, 0.1) is 0 Å². The highest BCUT2D eigenvalue weighted by molar-refractivity contribution is 7.85. The lowest BCUT2D eigenvalue weighted by Gasteiger charge is -2.22. The quantitative estimate of drug-likeness (QED) is 0.484. The Bertz CT molecular complexity index is 776. The third kappa shape index (κ3) is 7.61. The van der Waals surface area contributed by atoms with Crippen LogP contribution in [0.2, 0.25) is 0 Å². The zero-order valence-electron chi connectivity index (χ0n) is 16.2. The van der Waals surface area contributed by atoms with E-state index in [1.807, 2.05) is 6.20 Å². The molecule has 5 nitrogen and oxygen atoms in total. The molecule has 0 atom stereocenters. The van der Waals surface area contributed by atoms with Crippen molar-refractivity contribution >= 4 is 21.9 Å². The molecule has 0 spiro atoms. The zero-order chi connectivity index (χ0) is 19.7. The minimum Gasteiger partial charge on any atom is -0.374 e. The molecular weight excluding hydrogens is 360 g/mol. The minimum atomic E-state index is -3.84. The van der Waals surface area contributed by atoms with E-state index in [4.69, 9.17) is 4.55 Å². The monoisotopic (exact) mass is 390 g/mol. The van der Waals surface area contributed by atoms with Crippen molar-refractivity contribution in [3.8, 4) is 0 Å². The number of nitrogens with zero attached hydrogens (tertiary/aromatic N) is 2. The van der Waals surface area contributed by atoms with Crippen LogP contribution in [0.3, 0.4) is 0 Å². The molecule has 0 fully saturated rings. The molecular formula is C21H30N2O3S. The summed E-state index contributed by atoms with van der Waals surface area (Å²) in [7, 11) is -3.84. The summed E-state index contributed by atoms with van der Waals surface area (Å²) >= 11 is 0. The number of hydrogen-bond acceptors (Lipinski definition) is 4. The SMILES string of the molecule is CCN(CC)c1ccc(C=CC2=CCN(CCCCS(=O)(=O)O)C=C2)cc1. The van der Waals surface area contributed by atoms with Crippen LogP contribution in [-0.2, 0) is 10.1 Å².